The monoisotopic (exact) mass is 293 g/mol. The molecule has 2 heterocycles. The van der Waals surface area contributed by atoms with Crippen molar-refractivity contribution in [3.05, 3.63) is 17.5 Å². The molecule has 1 fully saturated rings. The number of aromatic nitrogens is 2. The van der Waals surface area contributed by atoms with Gasteiger partial charge in [-0.3, -0.25) is 14.3 Å². The predicted octanol–water partition coefficient (Wildman–Crippen LogP) is 1.33. The van der Waals surface area contributed by atoms with Gasteiger partial charge < -0.3 is 10.0 Å². The summed E-state index contributed by atoms with van der Waals surface area (Å²) in [6.45, 7) is 5.40. The van der Waals surface area contributed by atoms with Gasteiger partial charge in [0.15, 0.2) is 0 Å². The van der Waals surface area contributed by atoms with E-state index in [1.54, 1.807) is 9.58 Å². The highest BCUT2D eigenvalue weighted by Gasteiger charge is 2.27. The molecule has 0 unspecified atom stereocenters. The predicted molar refractivity (Wildman–Crippen MR) is 77.9 cm³/mol. The quantitative estimate of drug-likeness (QED) is 0.888. The molecule has 0 radical (unpaired) electrons. The van der Waals surface area contributed by atoms with Crippen molar-refractivity contribution in [1.82, 2.24) is 14.7 Å². The Balaban J connectivity index is 1.96. The molecule has 6 nitrogen and oxygen atoms in total. The maximum Gasteiger partial charge on any atom is 0.306 e. The Labute approximate surface area is 124 Å². The molecule has 116 valence electrons. The summed E-state index contributed by atoms with van der Waals surface area (Å²) >= 11 is 0. The fourth-order valence-electron chi connectivity index (χ4n) is 2.71. The smallest absolute Gasteiger partial charge is 0.306 e. The average molecular weight is 293 g/mol. The molecule has 0 atom stereocenters. The van der Waals surface area contributed by atoms with Crippen molar-refractivity contribution in [2.45, 2.75) is 46.1 Å². The molecule has 0 bridgehead atoms. The molecule has 6 heteroatoms. The first-order valence-corrected chi connectivity index (χ1v) is 7.61. The van der Waals surface area contributed by atoms with Gasteiger partial charge in [-0.1, -0.05) is 13.8 Å². The van der Waals surface area contributed by atoms with Crippen LogP contribution < -0.4 is 0 Å². The summed E-state index contributed by atoms with van der Waals surface area (Å²) in [7, 11) is 0. The number of likely N-dealkylation sites (tertiary alicyclic amines) is 1. The van der Waals surface area contributed by atoms with Crippen LogP contribution in [0.5, 0.6) is 0 Å². The van der Waals surface area contributed by atoms with Crippen LogP contribution in [0.1, 0.15) is 38.1 Å². The lowest BCUT2D eigenvalue weighted by atomic mass is 9.97. The minimum Gasteiger partial charge on any atom is -0.481 e. The second-order valence-corrected chi connectivity index (χ2v) is 5.49. The number of hydrogen-bond donors (Lipinski definition) is 1. The van der Waals surface area contributed by atoms with E-state index < -0.39 is 5.97 Å². The van der Waals surface area contributed by atoms with E-state index in [2.05, 4.69) is 12.0 Å². The van der Waals surface area contributed by atoms with Crippen LogP contribution in [0.4, 0.5) is 0 Å². The summed E-state index contributed by atoms with van der Waals surface area (Å²) in [6.07, 6.45) is 2.79. The molecule has 21 heavy (non-hydrogen) atoms. The van der Waals surface area contributed by atoms with Crippen LogP contribution in [0.25, 0.3) is 0 Å². The van der Waals surface area contributed by atoms with Gasteiger partial charge in [0.05, 0.1) is 11.6 Å². The van der Waals surface area contributed by atoms with E-state index in [1.165, 1.54) is 0 Å². The zero-order chi connectivity index (χ0) is 15.4. The number of rotatable bonds is 5. The van der Waals surface area contributed by atoms with Crippen LogP contribution in [-0.4, -0.2) is 44.8 Å². The number of amides is 1. The third-order valence-electron chi connectivity index (χ3n) is 4.12. The van der Waals surface area contributed by atoms with E-state index in [0.717, 1.165) is 24.2 Å². The highest BCUT2D eigenvalue weighted by molar-refractivity contribution is 5.77. The van der Waals surface area contributed by atoms with Gasteiger partial charge >= 0.3 is 5.97 Å². The zero-order valence-electron chi connectivity index (χ0n) is 12.7. The zero-order valence-corrected chi connectivity index (χ0v) is 12.7. The summed E-state index contributed by atoms with van der Waals surface area (Å²) in [5, 5.41) is 13.4. The molecule has 1 aromatic rings. The minimum atomic E-state index is -0.755. The first kappa shape index (κ1) is 15.5. The lowest BCUT2D eigenvalue weighted by Crippen LogP contribution is -2.42. The third-order valence-corrected chi connectivity index (χ3v) is 4.12. The highest BCUT2D eigenvalue weighted by atomic mass is 16.4. The number of aryl methyl sites for hydroxylation is 2. The summed E-state index contributed by atoms with van der Waals surface area (Å²) < 4.78 is 1.78. The number of carbonyl (C=O) groups excluding carboxylic acids is 1. The Kier molecular flexibility index (Phi) is 4.98. The molecule has 0 aliphatic carbocycles. The Morgan fingerprint density at radius 2 is 1.95 bits per heavy atom. The molecule has 2 rings (SSSR count). The SMILES string of the molecule is CCc1cc(CC)n(CC(=O)N2CCC(C(=O)O)CC2)n1. The van der Waals surface area contributed by atoms with E-state index in [4.69, 9.17) is 5.11 Å². The van der Waals surface area contributed by atoms with Crippen molar-refractivity contribution >= 4 is 11.9 Å². The molecule has 0 aromatic carbocycles. The molecule has 1 aromatic heterocycles. The molecule has 1 saturated heterocycles. The Morgan fingerprint density at radius 1 is 1.29 bits per heavy atom. The van der Waals surface area contributed by atoms with Crippen molar-refractivity contribution < 1.29 is 14.7 Å². The number of carbonyl (C=O) groups is 2. The number of carboxylic acid groups (broad SMARTS) is 1. The second-order valence-electron chi connectivity index (χ2n) is 5.49. The van der Waals surface area contributed by atoms with Crippen LogP contribution in [0.2, 0.25) is 0 Å². The number of carboxylic acids is 1. The maximum absolute atomic E-state index is 12.3. The van der Waals surface area contributed by atoms with Gasteiger partial charge in [-0.2, -0.15) is 5.10 Å². The van der Waals surface area contributed by atoms with Gasteiger partial charge in [0.2, 0.25) is 5.91 Å². The van der Waals surface area contributed by atoms with Gasteiger partial charge in [-0.15, -0.1) is 0 Å². The van der Waals surface area contributed by atoms with Crippen molar-refractivity contribution in [2.24, 2.45) is 5.92 Å². The fourth-order valence-corrected chi connectivity index (χ4v) is 2.71. The van der Waals surface area contributed by atoms with Crippen LogP contribution in [0.15, 0.2) is 6.07 Å². The van der Waals surface area contributed by atoms with Gasteiger partial charge in [0.25, 0.3) is 0 Å². The lowest BCUT2D eigenvalue weighted by molar-refractivity contribution is -0.145. The molecule has 1 amide bonds. The van der Waals surface area contributed by atoms with Gasteiger partial charge in [-0.25, -0.2) is 0 Å². The summed E-state index contributed by atoms with van der Waals surface area (Å²) in [6, 6.07) is 2.05. The Bertz CT molecular complexity index is 516. The Hall–Kier alpha value is -1.85. The Morgan fingerprint density at radius 3 is 2.48 bits per heavy atom. The van der Waals surface area contributed by atoms with E-state index in [1.807, 2.05) is 13.0 Å². The third kappa shape index (κ3) is 3.62. The first-order chi connectivity index (χ1) is 10.0. The second kappa shape index (κ2) is 6.74. The van der Waals surface area contributed by atoms with Gasteiger partial charge in [0.1, 0.15) is 6.54 Å². The molecule has 1 aliphatic heterocycles. The largest absolute Gasteiger partial charge is 0.481 e. The van der Waals surface area contributed by atoms with Gasteiger partial charge in [-0.05, 0) is 31.7 Å². The lowest BCUT2D eigenvalue weighted by Gasteiger charge is -2.30. The first-order valence-electron chi connectivity index (χ1n) is 7.61. The standard InChI is InChI=1S/C15H23N3O3/c1-3-12-9-13(4-2)18(16-12)10-14(19)17-7-5-11(6-8-17)15(20)21/h9,11H,3-8,10H2,1-2H3,(H,20,21). The number of piperidine rings is 1. The normalized spacial score (nSPS) is 16.2. The summed E-state index contributed by atoms with van der Waals surface area (Å²) in [5.74, 6) is -1.04. The number of aliphatic carboxylic acids is 1. The molecule has 0 saturated carbocycles. The van der Waals surface area contributed by atoms with Crippen LogP contribution >= 0.6 is 0 Å². The van der Waals surface area contributed by atoms with Crippen molar-refractivity contribution in [3.63, 3.8) is 0 Å². The van der Waals surface area contributed by atoms with Crippen LogP contribution in [-0.2, 0) is 29.0 Å². The van der Waals surface area contributed by atoms with Crippen molar-refractivity contribution in [2.75, 3.05) is 13.1 Å². The number of nitrogens with zero attached hydrogens (tertiary/aromatic N) is 3. The average Bonchev–Trinajstić information content (AvgIpc) is 2.89. The summed E-state index contributed by atoms with van der Waals surface area (Å²) in [4.78, 5) is 25.0. The van der Waals surface area contributed by atoms with Crippen LogP contribution in [0.3, 0.4) is 0 Å². The van der Waals surface area contributed by atoms with Crippen molar-refractivity contribution in [3.8, 4) is 0 Å². The van der Waals surface area contributed by atoms with E-state index in [0.29, 0.717) is 25.9 Å². The van der Waals surface area contributed by atoms with Crippen molar-refractivity contribution in [1.29, 1.82) is 0 Å². The maximum atomic E-state index is 12.3. The van der Waals surface area contributed by atoms with Gasteiger partial charge in [0, 0.05) is 18.8 Å². The van der Waals surface area contributed by atoms with E-state index >= 15 is 0 Å². The molecular formula is C15H23N3O3. The van der Waals surface area contributed by atoms with Crippen LogP contribution in [0, 0.1) is 5.92 Å². The molecule has 1 N–H and O–H groups in total. The van der Waals surface area contributed by atoms with E-state index in [9.17, 15) is 9.59 Å². The fraction of sp³-hybridized carbons (Fsp3) is 0.667. The molecular weight excluding hydrogens is 270 g/mol. The topological polar surface area (TPSA) is 75.4 Å². The number of hydrogen-bond acceptors (Lipinski definition) is 3. The molecule has 0 spiro atoms. The highest BCUT2D eigenvalue weighted by Crippen LogP contribution is 2.18. The summed E-state index contributed by atoms with van der Waals surface area (Å²) in [5.41, 5.74) is 2.07. The van der Waals surface area contributed by atoms with E-state index in [-0.39, 0.29) is 18.4 Å². The minimum absolute atomic E-state index is 0.0271. The molecule has 1 aliphatic rings.